The van der Waals surface area contributed by atoms with Crippen LogP contribution >= 0.6 is 0 Å². The summed E-state index contributed by atoms with van der Waals surface area (Å²) in [5, 5.41) is 3.52. The number of nitrogens with zero attached hydrogens (tertiary/aromatic N) is 2. The maximum Gasteiger partial charge on any atom is 0.123 e. The number of rotatable bonds is 4. The lowest BCUT2D eigenvalue weighted by Crippen LogP contribution is -2.34. The zero-order valence-electron chi connectivity index (χ0n) is 12.7. The van der Waals surface area contributed by atoms with Crippen LogP contribution in [0.1, 0.15) is 42.8 Å². The second kappa shape index (κ2) is 5.82. The highest BCUT2D eigenvalue weighted by molar-refractivity contribution is 5.40. The molecule has 0 aliphatic carbocycles. The quantitative estimate of drug-likeness (QED) is 0.937. The monoisotopic (exact) mass is 283 g/mol. The van der Waals surface area contributed by atoms with E-state index in [0.29, 0.717) is 5.92 Å². The Balaban J connectivity index is 1.63. The summed E-state index contributed by atoms with van der Waals surface area (Å²) in [5.41, 5.74) is 3.27. The summed E-state index contributed by atoms with van der Waals surface area (Å²) in [7, 11) is 0. The third kappa shape index (κ3) is 2.76. The first-order chi connectivity index (χ1) is 10.2. The van der Waals surface area contributed by atoms with Crippen LogP contribution in [-0.4, -0.2) is 22.6 Å². The molecule has 0 saturated carbocycles. The minimum atomic E-state index is 0.165. The number of nitrogens with one attached hydrogen (secondary N) is 1. The van der Waals surface area contributed by atoms with Crippen molar-refractivity contribution in [3.05, 3.63) is 53.6 Å². The van der Waals surface area contributed by atoms with Crippen molar-refractivity contribution in [2.75, 3.05) is 6.54 Å². The summed E-state index contributed by atoms with van der Waals surface area (Å²) in [6.45, 7) is 7.12. The number of ether oxygens (including phenoxy) is 1. The van der Waals surface area contributed by atoms with Crippen LogP contribution in [0.2, 0.25) is 0 Å². The van der Waals surface area contributed by atoms with Crippen molar-refractivity contribution in [3.8, 4) is 5.75 Å². The lowest BCUT2D eigenvalue weighted by atomic mass is 9.97. The van der Waals surface area contributed by atoms with Gasteiger partial charge in [-0.2, -0.15) is 0 Å². The number of aryl methyl sites for hydroxylation is 1. The van der Waals surface area contributed by atoms with Gasteiger partial charge >= 0.3 is 0 Å². The lowest BCUT2D eigenvalue weighted by Gasteiger charge is -2.20. The van der Waals surface area contributed by atoms with Gasteiger partial charge in [0.2, 0.25) is 0 Å². The van der Waals surface area contributed by atoms with E-state index in [9.17, 15) is 0 Å². The normalized spacial score (nSPS) is 21.7. The molecule has 1 unspecified atom stereocenters. The molecule has 2 heterocycles. The van der Waals surface area contributed by atoms with Crippen molar-refractivity contribution in [2.45, 2.75) is 38.8 Å². The minimum absolute atomic E-state index is 0.165. The molecule has 0 amide bonds. The van der Waals surface area contributed by atoms with Gasteiger partial charge in [-0.05, 0) is 19.9 Å². The zero-order chi connectivity index (χ0) is 14.8. The number of hydrogen-bond donors (Lipinski definition) is 1. The van der Waals surface area contributed by atoms with Crippen molar-refractivity contribution >= 4 is 0 Å². The Kier molecular flexibility index (Phi) is 3.88. The topological polar surface area (TPSA) is 47.0 Å². The Morgan fingerprint density at radius 2 is 2.00 bits per heavy atom. The first kappa shape index (κ1) is 14.0. The van der Waals surface area contributed by atoms with Gasteiger partial charge in [-0.1, -0.05) is 25.1 Å². The van der Waals surface area contributed by atoms with E-state index >= 15 is 0 Å². The van der Waals surface area contributed by atoms with Crippen LogP contribution in [-0.2, 0) is 0 Å². The molecule has 0 fully saturated rings. The molecule has 0 radical (unpaired) electrons. The van der Waals surface area contributed by atoms with Crippen LogP contribution in [0.5, 0.6) is 5.75 Å². The fourth-order valence-electron chi connectivity index (χ4n) is 2.88. The van der Waals surface area contributed by atoms with Crippen LogP contribution in [0, 0.1) is 6.92 Å². The summed E-state index contributed by atoms with van der Waals surface area (Å²) in [4.78, 5) is 8.71. The number of benzene rings is 1. The van der Waals surface area contributed by atoms with E-state index in [0.717, 1.165) is 23.7 Å². The number of para-hydroxylation sites is 1. The maximum absolute atomic E-state index is 6.04. The molecular weight excluding hydrogens is 262 g/mol. The van der Waals surface area contributed by atoms with Gasteiger partial charge in [0.25, 0.3) is 0 Å². The van der Waals surface area contributed by atoms with Gasteiger partial charge in [0, 0.05) is 36.5 Å². The first-order valence-corrected chi connectivity index (χ1v) is 7.43. The molecule has 3 rings (SSSR count). The van der Waals surface area contributed by atoms with E-state index in [4.69, 9.17) is 4.74 Å². The van der Waals surface area contributed by atoms with Crippen LogP contribution in [0.3, 0.4) is 0 Å². The molecule has 1 N–H and O–H groups in total. The number of aromatic nitrogens is 2. The molecule has 21 heavy (non-hydrogen) atoms. The van der Waals surface area contributed by atoms with Crippen LogP contribution < -0.4 is 10.1 Å². The molecule has 2 aromatic rings. The van der Waals surface area contributed by atoms with E-state index in [2.05, 4.69) is 41.3 Å². The Labute approximate surface area is 125 Å². The average Bonchev–Trinajstić information content (AvgIpc) is 2.82. The van der Waals surface area contributed by atoms with E-state index in [1.807, 2.05) is 19.1 Å². The maximum atomic E-state index is 6.04. The number of hydrogen-bond acceptors (Lipinski definition) is 4. The van der Waals surface area contributed by atoms with Crippen LogP contribution in [0.4, 0.5) is 0 Å². The summed E-state index contributed by atoms with van der Waals surface area (Å²) >= 11 is 0. The van der Waals surface area contributed by atoms with Crippen molar-refractivity contribution in [2.24, 2.45) is 0 Å². The van der Waals surface area contributed by atoms with Crippen LogP contribution in [0.15, 0.2) is 36.7 Å². The molecule has 1 aliphatic rings. The second-order valence-electron chi connectivity index (χ2n) is 5.64. The summed E-state index contributed by atoms with van der Waals surface area (Å²) in [5.74, 6) is 1.42. The van der Waals surface area contributed by atoms with Gasteiger partial charge < -0.3 is 10.1 Å². The fraction of sp³-hybridized carbons (Fsp3) is 0.412. The van der Waals surface area contributed by atoms with Crippen molar-refractivity contribution in [1.29, 1.82) is 0 Å². The largest absolute Gasteiger partial charge is 0.488 e. The second-order valence-corrected chi connectivity index (χ2v) is 5.64. The van der Waals surface area contributed by atoms with E-state index < -0.39 is 0 Å². The molecule has 0 spiro atoms. The standard InChI is InChI=1S/C17H21N3O/c1-11-14-6-4-5-7-15(14)21-16(11)10-20-13(3)17-12(2)18-8-9-19-17/h4-9,11,13,16,20H,10H2,1-3H3/t11-,13?,16-/m1/s1. The third-order valence-corrected chi connectivity index (χ3v) is 4.20. The van der Waals surface area contributed by atoms with E-state index in [1.54, 1.807) is 12.4 Å². The minimum Gasteiger partial charge on any atom is -0.488 e. The lowest BCUT2D eigenvalue weighted by molar-refractivity contribution is 0.201. The van der Waals surface area contributed by atoms with E-state index in [-0.39, 0.29) is 12.1 Å². The molecule has 0 bridgehead atoms. The van der Waals surface area contributed by atoms with Gasteiger partial charge in [0.1, 0.15) is 11.9 Å². The molecule has 4 nitrogen and oxygen atoms in total. The smallest absolute Gasteiger partial charge is 0.123 e. The highest BCUT2D eigenvalue weighted by Crippen LogP contribution is 2.37. The molecule has 3 atom stereocenters. The summed E-state index contributed by atoms with van der Waals surface area (Å²) < 4.78 is 6.04. The van der Waals surface area contributed by atoms with Crippen molar-refractivity contribution in [1.82, 2.24) is 15.3 Å². The van der Waals surface area contributed by atoms with Gasteiger partial charge in [-0.3, -0.25) is 9.97 Å². The van der Waals surface area contributed by atoms with Crippen LogP contribution in [0.25, 0.3) is 0 Å². The van der Waals surface area contributed by atoms with Crippen molar-refractivity contribution < 1.29 is 4.74 Å². The molecule has 1 aromatic carbocycles. The summed E-state index contributed by atoms with van der Waals surface area (Å²) in [6.07, 6.45) is 3.64. The van der Waals surface area contributed by atoms with Crippen molar-refractivity contribution in [3.63, 3.8) is 0 Å². The fourth-order valence-corrected chi connectivity index (χ4v) is 2.88. The molecule has 110 valence electrons. The molecule has 0 saturated heterocycles. The summed E-state index contributed by atoms with van der Waals surface area (Å²) in [6, 6.07) is 8.45. The molecule has 1 aromatic heterocycles. The highest BCUT2D eigenvalue weighted by atomic mass is 16.5. The van der Waals surface area contributed by atoms with Gasteiger partial charge in [-0.15, -0.1) is 0 Å². The highest BCUT2D eigenvalue weighted by Gasteiger charge is 2.30. The Morgan fingerprint density at radius 1 is 1.24 bits per heavy atom. The number of fused-ring (bicyclic) bond motifs is 1. The Hall–Kier alpha value is -1.94. The third-order valence-electron chi connectivity index (χ3n) is 4.20. The predicted molar refractivity (Wildman–Crippen MR) is 82.5 cm³/mol. The molecule has 4 heteroatoms. The zero-order valence-corrected chi connectivity index (χ0v) is 12.7. The molecular formula is C17H21N3O. The van der Waals surface area contributed by atoms with E-state index in [1.165, 1.54) is 5.56 Å². The molecule has 1 aliphatic heterocycles. The Bertz CT molecular complexity index is 629. The van der Waals surface area contributed by atoms with Gasteiger partial charge in [0.15, 0.2) is 0 Å². The SMILES string of the molecule is Cc1nccnc1C(C)NC[C@H]1Oc2ccccc2[C@H]1C. The Morgan fingerprint density at radius 3 is 2.76 bits per heavy atom. The predicted octanol–water partition coefficient (Wildman–Crippen LogP) is 3.00. The van der Waals surface area contributed by atoms with Gasteiger partial charge in [0.05, 0.1) is 11.4 Å². The first-order valence-electron chi connectivity index (χ1n) is 7.43. The van der Waals surface area contributed by atoms with Gasteiger partial charge in [-0.25, -0.2) is 0 Å². The average molecular weight is 283 g/mol.